The van der Waals surface area contributed by atoms with E-state index in [-0.39, 0.29) is 17.3 Å². The van der Waals surface area contributed by atoms with Crippen LogP contribution in [0.15, 0.2) is 66.7 Å². The summed E-state index contributed by atoms with van der Waals surface area (Å²) >= 11 is 1.12. The van der Waals surface area contributed by atoms with Crippen LogP contribution in [-0.4, -0.2) is 30.0 Å². The number of thioether (sulfide) groups is 1. The summed E-state index contributed by atoms with van der Waals surface area (Å²) in [5.74, 6) is -3.77. The number of carbonyl (C=O) groups is 3. The number of benzene rings is 3. The zero-order valence-corrected chi connectivity index (χ0v) is 18.2. The minimum Gasteiger partial charge on any atom is -0.322 e. The number of para-hydroxylation sites is 1. The number of carbonyl (C=O) groups excluding carboxylic acids is 3. The summed E-state index contributed by atoms with van der Waals surface area (Å²) in [5.41, 5.74) is 1.07. The zero-order valence-electron chi connectivity index (χ0n) is 17.4. The molecule has 2 heterocycles. The first-order chi connectivity index (χ1) is 16.3. The molecule has 1 N–H and O–H groups in total. The largest absolute Gasteiger partial charge is 0.322 e. The number of amides is 3. The molecule has 3 aromatic rings. The van der Waals surface area contributed by atoms with Crippen LogP contribution in [0.1, 0.15) is 5.56 Å². The zero-order chi connectivity index (χ0) is 24.0. The number of nitrogens with zero attached hydrogens (tertiary/aromatic N) is 2. The van der Waals surface area contributed by atoms with Crippen molar-refractivity contribution in [2.24, 2.45) is 0 Å². The van der Waals surface area contributed by atoms with E-state index < -0.39 is 40.7 Å². The highest BCUT2D eigenvalue weighted by molar-refractivity contribution is 8.02. The predicted molar refractivity (Wildman–Crippen MR) is 122 cm³/mol. The summed E-state index contributed by atoms with van der Waals surface area (Å²) < 4.78 is 40.7. The normalized spacial score (nSPS) is 19.1. The topological polar surface area (TPSA) is 69.7 Å². The van der Waals surface area contributed by atoms with Gasteiger partial charge in [0.2, 0.25) is 16.7 Å². The Balaban J connectivity index is 1.50. The second-order valence-corrected chi connectivity index (χ2v) is 8.89. The predicted octanol–water partition coefficient (Wildman–Crippen LogP) is 4.02. The van der Waals surface area contributed by atoms with Crippen molar-refractivity contribution in [2.45, 2.75) is 4.87 Å². The van der Waals surface area contributed by atoms with E-state index in [2.05, 4.69) is 5.32 Å². The molecule has 1 atom stereocenters. The first kappa shape index (κ1) is 22.0. The van der Waals surface area contributed by atoms with Gasteiger partial charge in [-0.25, -0.2) is 13.2 Å². The van der Waals surface area contributed by atoms with Gasteiger partial charge in [0, 0.05) is 17.3 Å². The third-order valence-corrected chi connectivity index (χ3v) is 7.04. The molecule has 0 aromatic heterocycles. The minimum atomic E-state index is -1.47. The Morgan fingerprint density at radius 2 is 1.68 bits per heavy atom. The maximum Gasteiger partial charge on any atom is 0.269 e. The van der Waals surface area contributed by atoms with Gasteiger partial charge in [-0.2, -0.15) is 0 Å². The summed E-state index contributed by atoms with van der Waals surface area (Å²) in [4.78, 5) is 40.5. The molecule has 2 aliphatic heterocycles. The molecule has 2 aliphatic rings. The Kier molecular flexibility index (Phi) is 5.32. The molecule has 0 radical (unpaired) electrons. The number of hydrogen-bond donors (Lipinski definition) is 1. The van der Waals surface area contributed by atoms with Gasteiger partial charge in [0.15, 0.2) is 0 Å². The summed E-state index contributed by atoms with van der Waals surface area (Å²) in [6, 6.07) is 14.7. The summed E-state index contributed by atoms with van der Waals surface area (Å²) in [7, 11) is 0. The summed E-state index contributed by atoms with van der Waals surface area (Å²) in [5, 5.41) is 2.35. The van der Waals surface area contributed by atoms with Crippen LogP contribution in [0.3, 0.4) is 0 Å². The Morgan fingerprint density at radius 3 is 2.41 bits per heavy atom. The molecule has 0 saturated carbocycles. The average molecular weight is 483 g/mol. The fourth-order valence-electron chi connectivity index (χ4n) is 4.23. The van der Waals surface area contributed by atoms with E-state index in [9.17, 15) is 27.6 Å². The van der Waals surface area contributed by atoms with E-state index in [1.165, 1.54) is 34.1 Å². The van der Waals surface area contributed by atoms with E-state index in [1.807, 2.05) is 0 Å². The molecule has 172 valence electrons. The van der Waals surface area contributed by atoms with E-state index >= 15 is 0 Å². The molecule has 0 unspecified atom stereocenters. The molecule has 0 aliphatic carbocycles. The van der Waals surface area contributed by atoms with Crippen molar-refractivity contribution in [3.05, 3.63) is 89.7 Å². The molecule has 3 amide bonds. The number of rotatable bonds is 4. The standard InChI is InChI=1S/C24H16F3N3O3S/c25-14-5-8-16(9-6-14)30-22(32)13-34-24(30)17-3-1-2-4-20(17)29(23(24)33)12-21(31)28-19-10-7-15(26)11-18(19)27/h1-11H,12-13H2,(H,28,31)/t24-/m0/s1. The molecule has 1 spiro atoms. The lowest BCUT2D eigenvalue weighted by Crippen LogP contribution is -2.50. The van der Waals surface area contributed by atoms with Crippen molar-refractivity contribution in [2.75, 3.05) is 27.4 Å². The number of halogens is 3. The van der Waals surface area contributed by atoms with Gasteiger partial charge in [-0.3, -0.25) is 24.2 Å². The molecule has 0 bridgehead atoms. The second-order valence-electron chi connectivity index (χ2n) is 7.72. The van der Waals surface area contributed by atoms with Crippen LogP contribution >= 0.6 is 11.8 Å². The smallest absolute Gasteiger partial charge is 0.269 e. The molecule has 34 heavy (non-hydrogen) atoms. The van der Waals surface area contributed by atoms with Gasteiger partial charge in [0.05, 0.1) is 17.1 Å². The van der Waals surface area contributed by atoms with Crippen molar-refractivity contribution in [1.82, 2.24) is 0 Å². The van der Waals surface area contributed by atoms with Crippen LogP contribution in [0, 0.1) is 17.5 Å². The highest BCUT2D eigenvalue weighted by Gasteiger charge is 2.61. The Hall–Kier alpha value is -3.79. The van der Waals surface area contributed by atoms with Crippen LogP contribution in [0.2, 0.25) is 0 Å². The summed E-state index contributed by atoms with van der Waals surface area (Å²) in [6.07, 6.45) is 0. The average Bonchev–Trinajstić information content (AvgIpc) is 3.27. The molecule has 10 heteroatoms. The van der Waals surface area contributed by atoms with Gasteiger partial charge in [0.25, 0.3) is 5.91 Å². The highest BCUT2D eigenvalue weighted by Crippen LogP contribution is 2.55. The minimum absolute atomic E-state index is 0.0122. The molecular weight excluding hydrogens is 467 g/mol. The molecule has 3 aromatic carbocycles. The lowest BCUT2D eigenvalue weighted by Gasteiger charge is -2.33. The lowest BCUT2D eigenvalue weighted by molar-refractivity contribution is -0.124. The quantitative estimate of drug-likeness (QED) is 0.609. The Bertz CT molecular complexity index is 1330. The van der Waals surface area contributed by atoms with Crippen molar-refractivity contribution in [3.8, 4) is 0 Å². The Labute approximate surface area is 196 Å². The third kappa shape index (κ3) is 3.41. The fourth-order valence-corrected chi connectivity index (χ4v) is 5.59. The number of hydrogen-bond acceptors (Lipinski definition) is 4. The Morgan fingerprint density at radius 1 is 0.971 bits per heavy atom. The second kappa shape index (κ2) is 8.21. The number of fused-ring (bicyclic) bond motifs is 2. The van der Waals surface area contributed by atoms with Gasteiger partial charge in [-0.1, -0.05) is 18.2 Å². The van der Waals surface area contributed by atoms with Crippen molar-refractivity contribution in [1.29, 1.82) is 0 Å². The van der Waals surface area contributed by atoms with Crippen LogP contribution in [0.5, 0.6) is 0 Å². The molecule has 6 nitrogen and oxygen atoms in total. The SMILES string of the molecule is O=C(CN1C(=O)[C@@]2(SCC(=O)N2c2ccc(F)cc2)c2ccccc21)Nc1ccc(F)cc1F. The molecular formula is C24H16F3N3O3S. The van der Waals surface area contributed by atoms with E-state index in [0.29, 0.717) is 23.0 Å². The number of anilines is 3. The molecule has 1 fully saturated rings. The van der Waals surface area contributed by atoms with Crippen LogP contribution in [-0.2, 0) is 19.3 Å². The molecule has 1 saturated heterocycles. The van der Waals surface area contributed by atoms with E-state index in [4.69, 9.17) is 0 Å². The van der Waals surface area contributed by atoms with Crippen LogP contribution < -0.4 is 15.1 Å². The van der Waals surface area contributed by atoms with Gasteiger partial charge >= 0.3 is 0 Å². The van der Waals surface area contributed by atoms with E-state index in [0.717, 1.165) is 23.9 Å². The summed E-state index contributed by atoms with van der Waals surface area (Å²) in [6.45, 7) is -0.458. The maximum absolute atomic E-state index is 14.0. The maximum atomic E-state index is 14.0. The van der Waals surface area contributed by atoms with Crippen molar-refractivity contribution in [3.63, 3.8) is 0 Å². The van der Waals surface area contributed by atoms with Gasteiger partial charge < -0.3 is 5.32 Å². The number of nitrogens with one attached hydrogen (secondary N) is 1. The van der Waals surface area contributed by atoms with Gasteiger partial charge in [-0.05, 0) is 42.5 Å². The fraction of sp³-hybridized carbons (Fsp3) is 0.125. The first-order valence-corrected chi connectivity index (χ1v) is 11.2. The third-order valence-electron chi connectivity index (χ3n) is 5.66. The van der Waals surface area contributed by atoms with Gasteiger partial charge in [-0.15, -0.1) is 11.8 Å². The van der Waals surface area contributed by atoms with E-state index in [1.54, 1.807) is 24.3 Å². The van der Waals surface area contributed by atoms with Crippen LogP contribution in [0.4, 0.5) is 30.2 Å². The monoisotopic (exact) mass is 483 g/mol. The lowest BCUT2D eigenvalue weighted by atomic mass is 10.0. The first-order valence-electron chi connectivity index (χ1n) is 10.2. The van der Waals surface area contributed by atoms with Crippen molar-refractivity contribution >= 4 is 46.5 Å². The van der Waals surface area contributed by atoms with Crippen LogP contribution in [0.25, 0.3) is 0 Å². The van der Waals surface area contributed by atoms with Gasteiger partial charge in [0.1, 0.15) is 24.0 Å². The highest BCUT2D eigenvalue weighted by atomic mass is 32.2. The van der Waals surface area contributed by atoms with Crippen molar-refractivity contribution < 1.29 is 27.6 Å². The molecule has 5 rings (SSSR count).